The van der Waals surface area contributed by atoms with E-state index >= 15 is 0 Å². The van der Waals surface area contributed by atoms with Crippen LogP contribution in [-0.4, -0.2) is 20.2 Å². The molecule has 0 saturated carbocycles. The molecule has 0 radical (unpaired) electrons. The highest BCUT2D eigenvalue weighted by atomic mass is 19.1. The Morgan fingerprint density at radius 2 is 1.83 bits per heavy atom. The van der Waals surface area contributed by atoms with Crippen molar-refractivity contribution in [3.63, 3.8) is 0 Å². The lowest BCUT2D eigenvalue weighted by molar-refractivity contribution is -0.138. The molecule has 2 rings (SSSR count). The monoisotopic (exact) mass is 316 g/mol. The molecule has 0 amide bonds. The molecule has 0 atom stereocenters. The van der Waals surface area contributed by atoms with Crippen LogP contribution in [0.4, 0.5) is 4.39 Å². The van der Waals surface area contributed by atoms with Gasteiger partial charge in [0, 0.05) is 11.6 Å². The van der Waals surface area contributed by atoms with Crippen molar-refractivity contribution >= 4 is 12.0 Å². The Balaban J connectivity index is 1.95. The summed E-state index contributed by atoms with van der Waals surface area (Å²) in [6, 6.07) is 11.7. The number of carbonyl (C=O) groups is 1. The van der Waals surface area contributed by atoms with E-state index in [-0.39, 0.29) is 12.4 Å². The second-order valence-electron chi connectivity index (χ2n) is 4.65. The van der Waals surface area contributed by atoms with E-state index in [2.05, 4.69) is 0 Å². The maximum Gasteiger partial charge on any atom is 0.331 e. The van der Waals surface area contributed by atoms with Gasteiger partial charge in [0.25, 0.3) is 0 Å². The molecule has 23 heavy (non-hydrogen) atoms. The van der Waals surface area contributed by atoms with Gasteiger partial charge in [-0.15, -0.1) is 0 Å². The van der Waals surface area contributed by atoms with Crippen molar-refractivity contribution in [2.75, 3.05) is 14.2 Å². The van der Waals surface area contributed by atoms with Gasteiger partial charge in [-0.1, -0.05) is 24.3 Å². The molecule has 0 bridgehead atoms. The van der Waals surface area contributed by atoms with Crippen LogP contribution >= 0.6 is 0 Å². The third-order valence-corrected chi connectivity index (χ3v) is 3.15. The van der Waals surface area contributed by atoms with Crippen LogP contribution in [0.15, 0.2) is 48.5 Å². The summed E-state index contributed by atoms with van der Waals surface area (Å²) in [5.41, 5.74) is 1.31. The first-order valence-electron chi connectivity index (χ1n) is 6.94. The van der Waals surface area contributed by atoms with Crippen molar-refractivity contribution in [2.45, 2.75) is 6.61 Å². The van der Waals surface area contributed by atoms with Gasteiger partial charge in [-0.2, -0.15) is 0 Å². The second-order valence-corrected chi connectivity index (χ2v) is 4.65. The van der Waals surface area contributed by atoms with E-state index in [1.165, 1.54) is 31.4 Å². The van der Waals surface area contributed by atoms with Gasteiger partial charge >= 0.3 is 5.97 Å². The van der Waals surface area contributed by atoms with Crippen LogP contribution in [-0.2, 0) is 16.1 Å². The highest BCUT2D eigenvalue weighted by Crippen LogP contribution is 2.19. The average Bonchev–Trinajstić information content (AvgIpc) is 2.58. The van der Waals surface area contributed by atoms with Gasteiger partial charge in [-0.05, 0) is 29.8 Å². The van der Waals surface area contributed by atoms with Crippen LogP contribution in [0.1, 0.15) is 11.1 Å². The Morgan fingerprint density at radius 3 is 2.52 bits per heavy atom. The summed E-state index contributed by atoms with van der Waals surface area (Å²) < 4.78 is 28.7. The Morgan fingerprint density at radius 1 is 1.09 bits per heavy atom. The second kappa shape index (κ2) is 7.98. The number of hydrogen-bond acceptors (Lipinski definition) is 4. The maximum absolute atomic E-state index is 13.5. The molecule has 0 heterocycles. The molecule has 2 aromatic rings. The first-order chi connectivity index (χ1) is 11.1. The van der Waals surface area contributed by atoms with Crippen molar-refractivity contribution in [3.8, 4) is 11.5 Å². The molecule has 0 saturated heterocycles. The Kier molecular flexibility index (Phi) is 5.74. The van der Waals surface area contributed by atoms with Crippen LogP contribution in [0.5, 0.6) is 11.5 Å². The SMILES string of the molecule is COc1ccc(/C=C/C(=O)OCc2ccccc2OC)cc1F. The number of carbonyl (C=O) groups excluding carboxylic acids is 1. The fourth-order valence-corrected chi connectivity index (χ4v) is 1.97. The van der Waals surface area contributed by atoms with E-state index in [1.807, 2.05) is 18.2 Å². The summed E-state index contributed by atoms with van der Waals surface area (Å²) in [6.45, 7) is 0.101. The number of hydrogen-bond donors (Lipinski definition) is 0. The molecule has 0 unspecified atom stereocenters. The van der Waals surface area contributed by atoms with Crippen LogP contribution < -0.4 is 9.47 Å². The van der Waals surface area contributed by atoms with Crippen LogP contribution in [0.3, 0.4) is 0 Å². The van der Waals surface area contributed by atoms with Crippen molar-refractivity contribution in [2.24, 2.45) is 0 Å². The van der Waals surface area contributed by atoms with E-state index in [1.54, 1.807) is 19.2 Å². The summed E-state index contributed by atoms with van der Waals surface area (Å²) in [5, 5.41) is 0. The summed E-state index contributed by atoms with van der Waals surface area (Å²) >= 11 is 0. The highest BCUT2D eigenvalue weighted by Gasteiger charge is 2.05. The highest BCUT2D eigenvalue weighted by molar-refractivity contribution is 5.87. The van der Waals surface area contributed by atoms with Crippen molar-refractivity contribution < 1.29 is 23.4 Å². The molecule has 2 aromatic carbocycles. The largest absolute Gasteiger partial charge is 0.496 e. The maximum atomic E-state index is 13.5. The zero-order valence-electron chi connectivity index (χ0n) is 12.9. The standard InChI is InChI=1S/C18H17FO4/c1-21-16-6-4-3-5-14(16)12-23-18(20)10-8-13-7-9-17(22-2)15(19)11-13/h3-11H,12H2,1-2H3/b10-8+. The van der Waals surface area contributed by atoms with E-state index in [9.17, 15) is 9.18 Å². The predicted molar refractivity (Wildman–Crippen MR) is 84.8 cm³/mol. The minimum atomic E-state index is -0.521. The summed E-state index contributed by atoms with van der Waals surface area (Å²) in [6.07, 6.45) is 2.73. The number of benzene rings is 2. The predicted octanol–water partition coefficient (Wildman–Crippen LogP) is 3.60. The molecule has 120 valence electrons. The number of rotatable bonds is 6. The molecule has 0 aliphatic heterocycles. The quantitative estimate of drug-likeness (QED) is 0.603. The van der Waals surface area contributed by atoms with Gasteiger partial charge in [0.05, 0.1) is 14.2 Å². The summed E-state index contributed by atoms with van der Waals surface area (Å²) in [5.74, 6) is -0.202. The third kappa shape index (κ3) is 4.57. The normalized spacial score (nSPS) is 10.6. The summed E-state index contributed by atoms with van der Waals surface area (Å²) in [7, 11) is 2.95. The Labute approximate surface area is 134 Å². The lowest BCUT2D eigenvalue weighted by Gasteiger charge is -2.07. The van der Waals surface area contributed by atoms with Crippen molar-refractivity contribution in [1.29, 1.82) is 0 Å². The van der Waals surface area contributed by atoms with Gasteiger partial charge in [0.2, 0.25) is 0 Å². The third-order valence-electron chi connectivity index (χ3n) is 3.15. The molecule has 0 N–H and O–H groups in total. The first-order valence-corrected chi connectivity index (χ1v) is 6.94. The number of methoxy groups -OCH3 is 2. The molecule has 5 heteroatoms. The Hall–Kier alpha value is -2.82. The molecule has 0 aliphatic rings. The minimum Gasteiger partial charge on any atom is -0.496 e. The Bertz CT molecular complexity index is 710. The molecular weight excluding hydrogens is 299 g/mol. The van der Waals surface area contributed by atoms with Gasteiger partial charge in [0.15, 0.2) is 11.6 Å². The fraction of sp³-hybridized carbons (Fsp3) is 0.167. The molecule has 0 aromatic heterocycles. The topological polar surface area (TPSA) is 44.8 Å². The van der Waals surface area contributed by atoms with Crippen molar-refractivity contribution in [1.82, 2.24) is 0 Å². The van der Waals surface area contributed by atoms with Gasteiger partial charge < -0.3 is 14.2 Å². The number of halogens is 1. The molecule has 0 aliphatic carbocycles. The lowest BCUT2D eigenvalue weighted by atomic mass is 10.2. The minimum absolute atomic E-state index is 0.101. The summed E-state index contributed by atoms with van der Waals surface area (Å²) in [4.78, 5) is 11.7. The number of esters is 1. The molecular formula is C18H17FO4. The van der Waals surface area contributed by atoms with E-state index in [0.717, 1.165) is 5.56 Å². The van der Waals surface area contributed by atoms with Gasteiger partial charge in [0.1, 0.15) is 12.4 Å². The van der Waals surface area contributed by atoms with Gasteiger partial charge in [-0.25, -0.2) is 9.18 Å². The van der Waals surface area contributed by atoms with Gasteiger partial charge in [-0.3, -0.25) is 0 Å². The zero-order valence-corrected chi connectivity index (χ0v) is 12.9. The lowest BCUT2D eigenvalue weighted by Crippen LogP contribution is -2.02. The molecule has 0 spiro atoms. The average molecular weight is 316 g/mol. The van der Waals surface area contributed by atoms with E-state index in [4.69, 9.17) is 14.2 Å². The molecule has 4 nitrogen and oxygen atoms in total. The number of ether oxygens (including phenoxy) is 3. The van der Waals surface area contributed by atoms with E-state index in [0.29, 0.717) is 11.3 Å². The first kappa shape index (κ1) is 16.5. The smallest absolute Gasteiger partial charge is 0.331 e. The fourth-order valence-electron chi connectivity index (χ4n) is 1.97. The van der Waals surface area contributed by atoms with Crippen LogP contribution in [0, 0.1) is 5.82 Å². The van der Waals surface area contributed by atoms with Crippen molar-refractivity contribution in [3.05, 3.63) is 65.5 Å². The van der Waals surface area contributed by atoms with E-state index < -0.39 is 11.8 Å². The number of para-hydroxylation sites is 1. The van der Waals surface area contributed by atoms with Crippen LogP contribution in [0.25, 0.3) is 6.08 Å². The zero-order chi connectivity index (χ0) is 16.7. The van der Waals surface area contributed by atoms with Crippen LogP contribution in [0.2, 0.25) is 0 Å². The molecule has 0 fully saturated rings.